The van der Waals surface area contributed by atoms with E-state index in [1.807, 2.05) is 78.4 Å². The molecule has 4 aliphatic carbocycles. The second-order valence-electron chi connectivity index (χ2n) is 24.4. The van der Waals surface area contributed by atoms with Crippen LogP contribution in [0.4, 0.5) is 0 Å². The zero-order chi connectivity index (χ0) is 61.3. The molecule has 0 saturated heterocycles. The molecule has 0 aromatic heterocycles. The molecule has 0 aliphatic heterocycles. The van der Waals surface area contributed by atoms with E-state index in [9.17, 15) is 19.2 Å². The molecule has 0 spiro atoms. The number of ether oxygens (including phenoxy) is 2. The number of aliphatic carboxylic acids is 2. The Bertz CT molecular complexity index is 1790. The highest BCUT2D eigenvalue weighted by Crippen LogP contribution is 2.44. The van der Waals surface area contributed by atoms with Crippen molar-refractivity contribution in [3.8, 4) is 0 Å². The highest BCUT2D eigenvalue weighted by atomic mass is 28.4. The van der Waals surface area contributed by atoms with Crippen molar-refractivity contribution in [3.05, 3.63) is 30.3 Å². The number of esters is 2. The Morgan fingerprint density at radius 3 is 0.750 bits per heavy atom. The SMILES string of the molecule is CO[Si](C)(OC)C1CCC(C(=O)O)CC1.CO[Si](C)(OC)C1CCC(C(=O)O)CC1.CO[Si](C)(OC)C1CCC(C(=O)OC(C)(C)C)CC1.CO[Si](C)(OC)C1CCC(C(=O)OC(C)(C)C)CC1.CO[Si](C)(OC)c1ccccc1. The molecular formula is C57H110O18Si5. The monoisotopic (exact) mass is 1220 g/mol. The molecule has 0 unspecified atom stereocenters. The minimum atomic E-state index is -2.07. The summed E-state index contributed by atoms with van der Waals surface area (Å²) < 4.78 is 66.1. The Morgan fingerprint density at radius 1 is 0.362 bits per heavy atom. The van der Waals surface area contributed by atoms with E-state index in [1.54, 1.807) is 71.1 Å². The molecule has 23 heteroatoms. The average molecular weight is 1220 g/mol. The summed E-state index contributed by atoms with van der Waals surface area (Å²) in [5, 5.41) is 18.9. The maximum atomic E-state index is 12.0. The standard InChI is InChI=1S/2C14H28O4Si.2C10H20O4Si.C9H14O2Si/c2*1-14(2,3)18-13(15)11-7-9-12(10-8-11)19(6,16-4)17-5;2*1-13-15(3,14-2)9-6-4-8(5-7-9)10(11)12;1-10-12(3,11-2)9-7-5-4-6-8-9/h2*11-12H,7-10H2,1-6H3;2*8-9H,4-7H2,1-3H3,(H,11,12);4-8H,1-3H3. The van der Waals surface area contributed by atoms with Gasteiger partial charge in [0.05, 0.1) is 23.7 Å². The van der Waals surface area contributed by atoms with Crippen LogP contribution in [0, 0.1) is 23.7 Å². The zero-order valence-electron chi connectivity index (χ0n) is 53.2. The van der Waals surface area contributed by atoms with E-state index in [0.717, 1.165) is 108 Å². The first-order valence-corrected chi connectivity index (χ1v) is 40.6. The zero-order valence-corrected chi connectivity index (χ0v) is 58.2. The lowest BCUT2D eigenvalue weighted by molar-refractivity contribution is -0.162. The lowest BCUT2D eigenvalue weighted by Gasteiger charge is -2.36. The number of carbonyl (C=O) groups excluding carboxylic acids is 2. The quantitative estimate of drug-likeness (QED) is 0.0971. The fourth-order valence-corrected chi connectivity index (χ4v) is 21.2. The number of hydrogen-bond acceptors (Lipinski definition) is 16. The maximum Gasteiger partial charge on any atom is 0.368 e. The molecule has 18 nitrogen and oxygen atoms in total. The first-order chi connectivity index (χ1) is 37.2. The Hall–Kier alpha value is -2.22. The molecule has 0 heterocycles. The predicted octanol–water partition coefficient (Wildman–Crippen LogP) is 11.8. The van der Waals surface area contributed by atoms with Gasteiger partial charge in [-0.15, -0.1) is 0 Å². The highest BCUT2D eigenvalue weighted by Gasteiger charge is 2.46. The summed E-state index contributed by atoms with van der Waals surface area (Å²) in [6, 6.07) is 10.1. The molecule has 80 heavy (non-hydrogen) atoms. The third-order valence-corrected chi connectivity index (χ3v) is 35.0. The lowest BCUT2D eigenvalue weighted by Crippen LogP contribution is -2.49. The maximum absolute atomic E-state index is 12.0. The third-order valence-electron chi connectivity index (χ3n) is 17.4. The van der Waals surface area contributed by atoms with E-state index in [0.29, 0.717) is 22.2 Å². The lowest BCUT2D eigenvalue weighted by atomic mass is 9.89. The van der Waals surface area contributed by atoms with E-state index >= 15 is 0 Å². The van der Waals surface area contributed by atoms with Crippen LogP contribution in [-0.4, -0.2) is 159 Å². The van der Waals surface area contributed by atoms with E-state index in [1.165, 1.54) is 0 Å². The van der Waals surface area contributed by atoms with Gasteiger partial charge in [-0.05, 0) is 182 Å². The van der Waals surface area contributed by atoms with Gasteiger partial charge in [0.1, 0.15) is 11.2 Å². The van der Waals surface area contributed by atoms with Crippen molar-refractivity contribution >= 4 is 71.9 Å². The van der Waals surface area contributed by atoms with Gasteiger partial charge in [0.25, 0.3) is 0 Å². The van der Waals surface area contributed by atoms with Crippen LogP contribution in [-0.2, 0) is 72.9 Å². The normalized spacial score (nSPS) is 24.1. The molecule has 0 atom stereocenters. The molecule has 5 rings (SSSR count). The summed E-state index contributed by atoms with van der Waals surface area (Å²) in [4.78, 5) is 45.7. The van der Waals surface area contributed by atoms with Crippen molar-refractivity contribution in [1.29, 1.82) is 0 Å². The van der Waals surface area contributed by atoms with Crippen LogP contribution in [0.25, 0.3) is 0 Å². The van der Waals surface area contributed by atoms with Crippen LogP contribution in [0.5, 0.6) is 0 Å². The first-order valence-electron chi connectivity index (χ1n) is 28.7. The van der Waals surface area contributed by atoms with Crippen molar-refractivity contribution in [3.63, 3.8) is 0 Å². The Balaban J connectivity index is 0.000000504. The van der Waals surface area contributed by atoms with E-state index < -0.39 is 65.9 Å². The van der Waals surface area contributed by atoms with Crippen LogP contribution < -0.4 is 5.19 Å². The number of rotatable bonds is 19. The molecule has 4 saturated carbocycles. The molecule has 0 radical (unpaired) electrons. The molecular weight excluding hydrogens is 1110 g/mol. The van der Waals surface area contributed by atoms with Crippen molar-refractivity contribution in [2.45, 2.75) is 210 Å². The van der Waals surface area contributed by atoms with Gasteiger partial charge in [0, 0.05) is 93.3 Å². The Morgan fingerprint density at radius 2 is 0.575 bits per heavy atom. The number of benzene rings is 1. The van der Waals surface area contributed by atoms with Gasteiger partial charge in [-0.1, -0.05) is 30.3 Å². The molecule has 4 aliphatic rings. The summed E-state index contributed by atoms with van der Waals surface area (Å²) in [6.45, 7) is 21.8. The van der Waals surface area contributed by atoms with E-state index in [4.69, 9.17) is 63.9 Å². The highest BCUT2D eigenvalue weighted by molar-refractivity contribution is 6.79. The fourth-order valence-electron chi connectivity index (χ4n) is 10.9. The molecule has 1 aromatic carbocycles. The molecule has 0 amide bonds. The van der Waals surface area contributed by atoms with Crippen molar-refractivity contribution < 1.29 is 83.1 Å². The van der Waals surface area contributed by atoms with Gasteiger partial charge in [-0.3, -0.25) is 19.2 Å². The van der Waals surface area contributed by atoms with Gasteiger partial charge >= 0.3 is 66.7 Å². The second-order valence-corrected chi connectivity index (χ2v) is 42.3. The number of carboxylic acid groups (broad SMARTS) is 2. The minimum Gasteiger partial charge on any atom is -0.481 e. The summed E-state index contributed by atoms with van der Waals surface area (Å²) in [5.74, 6) is -1.65. The summed E-state index contributed by atoms with van der Waals surface area (Å²) >= 11 is 0. The van der Waals surface area contributed by atoms with Gasteiger partial charge in [0.2, 0.25) is 0 Å². The van der Waals surface area contributed by atoms with Gasteiger partial charge in [-0.2, -0.15) is 0 Å². The predicted molar refractivity (Wildman–Crippen MR) is 324 cm³/mol. The van der Waals surface area contributed by atoms with Crippen LogP contribution in [0.3, 0.4) is 0 Å². The van der Waals surface area contributed by atoms with Crippen molar-refractivity contribution in [2.24, 2.45) is 23.7 Å². The Kier molecular flexibility index (Phi) is 33.4. The van der Waals surface area contributed by atoms with Gasteiger partial charge in [-0.25, -0.2) is 0 Å². The molecule has 0 bridgehead atoms. The number of hydrogen-bond donors (Lipinski definition) is 2. The molecule has 4 fully saturated rings. The molecule has 2 N–H and O–H groups in total. The van der Waals surface area contributed by atoms with Crippen LogP contribution in [0.1, 0.15) is 144 Å². The molecule has 1 aromatic rings. The van der Waals surface area contributed by atoms with Crippen LogP contribution in [0.2, 0.25) is 54.9 Å². The average Bonchev–Trinajstić information content (AvgIpc) is 3.46. The van der Waals surface area contributed by atoms with Gasteiger partial charge in [0.15, 0.2) is 0 Å². The second kappa shape index (κ2) is 35.3. The fraction of sp³-hybridized carbons (Fsp3) is 0.825. The third kappa shape index (κ3) is 24.4. The van der Waals surface area contributed by atoms with Gasteiger partial charge < -0.3 is 63.9 Å². The smallest absolute Gasteiger partial charge is 0.368 e. The largest absolute Gasteiger partial charge is 0.481 e. The van der Waals surface area contributed by atoms with Crippen molar-refractivity contribution in [1.82, 2.24) is 0 Å². The van der Waals surface area contributed by atoms with E-state index in [-0.39, 0.29) is 35.6 Å². The minimum absolute atomic E-state index is 0.0439. The summed E-state index contributed by atoms with van der Waals surface area (Å²) in [7, 11) is 6.79. The molecule has 466 valence electrons. The number of carboxylic acids is 2. The van der Waals surface area contributed by atoms with Crippen LogP contribution >= 0.6 is 0 Å². The Labute approximate surface area is 488 Å². The number of carbonyl (C=O) groups is 4. The first kappa shape index (κ1) is 75.8. The summed E-state index contributed by atoms with van der Waals surface area (Å²) in [5.41, 5.74) is 1.03. The van der Waals surface area contributed by atoms with Crippen LogP contribution in [0.15, 0.2) is 30.3 Å². The summed E-state index contributed by atoms with van der Waals surface area (Å²) in [6.07, 6.45) is 14.2. The topological polar surface area (TPSA) is 219 Å². The van der Waals surface area contributed by atoms with E-state index in [2.05, 4.69) is 26.2 Å². The van der Waals surface area contributed by atoms with Crippen molar-refractivity contribution in [2.75, 3.05) is 71.1 Å².